The van der Waals surface area contributed by atoms with E-state index in [1.807, 2.05) is 25.5 Å². The monoisotopic (exact) mass is 877 g/mol. The van der Waals surface area contributed by atoms with E-state index in [0.717, 1.165) is 48.1 Å². The van der Waals surface area contributed by atoms with Crippen LogP contribution in [0.5, 0.6) is 11.5 Å². The number of ether oxygens (including phenoxy) is 2. The van der Waals surface area contributed by atoms with E-state index in [4.69, 9.17) is 18.6 Å². The van der Waals surface area contributed by atoms with Crippen molar-refractivity contribution in [2.45, 2.75) is 67.2 Å². The second-order valence-electron chi connectivity index (χ2n) is 14.9. The zero-order valence-electron chi connectivity index (χ0n) is 33.8. The number of nitrogens with one attached hydrogen (secondary N) is 2. The lowest BCUT2D eigenvalue weighted by molar-refractivity contribution is -0.135. The summed E-state index contributed by atoms with van der Waals surface area (Å²) in [5.74, 6) is 0.414. The predicted octanol–water partition coefficient (Wildman–Crippen LogP) is 5.40. The second-order valence-corrected chi connectivity index (χ2v) is 17.7. The molecule has 61 heavy (non-hydrogen) atoms. The Morgan fingerprint density at radius 1 is 0.885 bits per heavy atom. The number of amides is 2. The van der Waals surface area contributed by atoms with E-state index in [2.05, 4.69) is 44.9 Å². The first-order valence-corrected chi connectivity index (χ1v) is 23.0. The maximum absolute atomic E-state index is 13.3. The van der Waals surface area contributed by atoms with E-state index in [-0.39, 0.29) is 34.9 Å². The van der Waals surface area contributed by atoms with Crippen LogP contribution in [0.4, 0.5) is 5.69 Å². The Bertz CT molecular complexity index is 2470. The van der Waals surface area contributed by atoms with Gasteiger partial charge in [0.25, 0.3) is 26.1 Å². The minimum atomic E-state index is -4.47. The Labute approximate surface area is 355 Å². The van der Waals surface area contributed by atoms with Crippen molar-refractivity contribution in [1.82, 2.24) is 20.0 Å². The van der Waals surface area contributed by atoms with Crippen molar-refractivity contribution in [3.8, 4) is 22.6 Å². The molecule has 1 aliphatic heterocycles. The fourth-order valence-corrected chi connectivity index (χ4v) is 9.01. The molecule has 7 rings (SSSR count). The Morgan fingerprint density at radius 2 is 1.56 bits per heavy atom. The van der Waals surface area contributed by atoms with Gasteiger partial charge < -0.3 is 30.1 Å². The molecule has 18 heteroatoms. The topological polar surface area (TPSA) is 227 Å². The van der Waals surface area contributed by atoms with Gasteiger partial charge in [0, 0.05) is 48.7 Å². The number of phenolic OH excluding ortho intramolecular Hbond substituents is 1. The van der Waals surface area contributed by atoms with Crippen LogP contribution in [0.25, 0.3) is 21.9 Å². The summed E-state index contributed by atoms with van der Waals surface area (Å²) in [5, 5.41) is 20.5. The molecule has 4 aromatic carbocycles. The van der Waals surface area contributed by atoms with Crippen molar-refractivity contribution in [3.05, 3.63) is 96.3 Å². The first kappa shape index (κ1) is 45.2. The number of aryl methyl sites for hydroxylation is 1. The highest BCUT2D eigenvalue weighted by Gasteiger charge is 2.26. The minimum Gasteiger partial charge on any atom is -0.506 e. The van der Waals surface area contributed by atoms with Crippen LogP contribution in [-0.4, -0.2) is 103 Å². The number of nitrogens with zero attached hydrogens (tertiary/aromatic N) is 3. The summed E-state index contributed by atoms with van der Waals surface area (Å²) in [6.45, 7) is 2.99. The first-order valence-electron chi connectivity index (χ1n) is 20.1. The lowest BCUT2D eigenvalue weighted by Crippen LogP contribution is -2.45. The fourth-order valence-electron chi connectivity index (χ4n) is 7.59. The van der Waals surface area contributed by atoms with E-state index in [1.165, 1.54) is 49.1 Å². The summed E-state index contributed by atoms with van der Waals surface area (Å²) in [4.78, 5) is 26.2. The molecule has 2 heterocycles. The van der Waals surface area contributed by atoms with E-state index in [0.29, 0.717) is 63.2 Å². The predicted molar refractivity (Wildman–Crippen MR) is 229 cm³/mol. The van der Waals surface area contributed by atoms with Crippen molar-refractivity contribution >= 4 is 48.5 Å². The van der Waals surface area contributed by atoms with Crippen LogP contribution in [-0.2, 0) is 54.5 Å². The van der Waals surface area contributed by atoms with Gasteiger partial charge in [-0.2, -0.15) is 21.9 Å². The third-order valence-corrected chi connectivity index (χ3v) is 12.5. The molecule has 0 unspecified atom stereocenters. The average Bonchev–Trinajstić information content (AvgIpc) is 3.68. The number of anilines is 1. The largest absolute Gasteiger partial charge is 0.506 e. The second kappa shape index (κ2) is 20.5. The number of rotatable bonds is 16. The molecule has 2 aliphatic rings. The standard InChI is InChI=1S/C33H43N5O5.C10H8O6S2/c1-37-22-27(21-35-37)25-9-7-24(8-10-25)14-19-42-20-15-31(41)38(28-5-3-2-4-6-28)18-17-34-16-13-26-11-12-29(39)32-33(26)43-23-30(40)36-32;11-17(12,13)9-5-1-3-7-8(9)4-2-6-10(7)18(14,15)16/h7-12,21-22,28,34,39H,2-6,13-20,23H2,1H3,(H,36,40);1-6H,(H,11,12,13)(H,14,15,16). The quantitative estimate of drug-likeness (QED) is 0.0476. The number of fused-ring (bicyclic) bond motifs is 2. The van der Waals surface area contributed by atoms with Gasteiger partial charge >= 0.3 is 0 Å². The van der Waals surface area contributed by atoms with E-state index < -0.39 is 30.0 Å². The molecule has 0 spiro atoms. The fraction of sp³-hybridized carbons (Fsp3) is 0.372. The summed E-state index contributed by atoms with van der Waals surface area (Å²) in [5.41, 5.74) is 4.70. The van der Waals surface area contributed by atoms with Crippen LogP contribution in [0, 0.1) is 0 Å². The molecule has 0 atom stereocenters. The maximum Gasteiger partial charge on any atom is 0.295 e. The summed E-state index contributed by atoms with van der Waals surface area (Å²) in [7, 11) is -7.02. The van der Waals surface area contributed by atoms with Crippen molar-refractivity contribution in [3.63, 3.8) is 0 Å². The lowest BCUT2D eigenvalue weighted by atomic mass is 9.94. The highest BCUT2D eigenvalue weighted by molar-refractivity contribution is 7.86. The van der Waals surface area contributed by atoms with Crippen LogP contribution in [0.15, 0.2) is 95.0 Å². The molecular weight excluding hydrogens is 827 g/mol. The van der Waals surface area contributed by atoms with Crippen LogP contribution >= 0.6 is 0 Å². The highest BCUT2D eigenvalue weighted by atomic mass is 32.2. The molecule has 2 amide bonds. The highest BCUT2D eigenvalue weighted by Crippen LogP contribution is 2.39. The van der Waals surface area contributed by atoms with Crippen molar-refractivity contribution in [2.24, 2.45) is 7.05 Å². The zero-order valence-corrected chi connectivity index (χ0v) is 35.5. The van der Waals surface area contributed by atoms with Crippen LogP contribution in [0.2, 0.25) is 0 Å². The van der Waals surface area contributed by atoms with Crippen LogP contribution in [0.1, 0.15) is 49.7 Å². The van der Waals surface area contributed by atoms with Crippen molar-refractivity contribution in [2.75, 3.05) is 44.8 Å². The van der Waals surface area contributed by atoms with Gasteiger partial charge in [-0.05, 0) is 67.1 Å². The number of carbonyl (C=O) groups is 2. The zero-order chi connectivity index (χ0) is 43.6. The molecular formula is C43H51N5O11S2. The van der Waals surface area contributed by atoms with Gasteiger partial charge in [-0.15, -0.1) is 0 Å². The van der Waals surface area contributed by atoms with Gasteiger partial charge in [0.1, 0.15) is 21.2 Å². The molecule has 5 aromatic rings. The van der Waals surface area contributed by atoms with Gasteiger partial charge in [0.2, 0.25) is 5.91 Å². The van der Waals surface area contributed by atoms with Gasteiger partial charge in [-0.3, -0.25) is 23.4 Å². The Balaban J connectivity index is 0.000000288. The molecule has 1 aliphatic carbocycles. The average molecular weight is 878 g/mol. The van der Waals surface area contributed by atoms with Crippen molar-refractivity contribution in [1.29, 1.82) is 0 Å². The first-order chi connectivity index (χ1) is 29.2. The van der Waals surface area contributed by atoms with E-state index >= 15 is 0 Å². The number of aromatic hydroxyl groups is 1. The summed E-state index contributed by atoms with van der Waals surface area (Å²) in [6, 6.07) is 19.7. The van der Waals surface area contributed by atoms with Gasteiger partial charge in [0.05, 0.1) is 25.8 Å². The number of hydrogen-bond donors (Lipinski definition) is 5. The smallest absolute Gasteiger partial charge is 0.295 e. The molecule has 16 nitrogen and oxygen atoms in total. The van der Waals surface area contributed by atoms with Gasteiger partial charge in [-0.1, -0.05) is 73.9 Å². The minimum absolute atomic E-state index is 0.000764. The Kier molecular flexibility index (Phi) is 15.1. The van der Waals surface area contributed by atoms with Crippen LogP contribution in [0.3, 0.4) is 0 Å². The number of carbonyl (C=O) groups excluding carboxylic acids is 2. The lowest BCUT2D eigenvalue weighted by Gasteiger charge is -2.34. The third-order valence-electron chi connectivity index (χ3n) is 10.7. The van der Waals surface area contributed by atoms with Gasteiger partial charge in [0.15, 0.2) is 12.4 Å². The number of hydrogen-bond acceptors (Lipinski definition) is 11. The Morgan fingerprint density at radius 3 is 2.18 bits per heavy atom. The molecule has 5 N–H and O–H groups in total. The molecule has 0 radical (unpaired) electrons. The number of aromatic nitrogens is 2. The normalized spacial score (nSPS) is 14.4. The summed E-state index contributed by atoms with van der Waals surface area (Å²) >= 11 is 0. The van der Waals surface area contributed by atoms with Crippen molar-refractivity contribution < 1.29 is 50.1 Å². The molecule has 1 aromatic heterocycles. The van der Waals surface area contributed by atoms with Crippen LogP contribution < -0.4 is 15.4 Å². The Hall–Kier alpha value is -5.37. The van der Waals surface area contributed by atoms with Gasteiger partial charge in [-0.25, -0.2) is 0 Å². The third kappa shape index (κ3) is 12.1. The summed E-state index contributed by atoms with van der Waals surface area (Å²) < 4.78 is 76.0. The molecule has 1 saturated carbocycles. The molecule has 0 bridgehead atoms. The SMILES string of the molecule is Cn1cc(-c2ccc(CCOCCC(=O)N(CCNCCc3ccc(O)c4c3OCC(=O)N4)C3CCCCC3)cc2)cn1.O=S(=O)(O)c1cccc2c(S(=O)(=O)O)cccc12. The maximum atomic E-state index is 13.3. The van der Waals surface area contributed by atoms with E-state index in [9.17, 15) is 31.5 Å². The summed E-state index contributed by atoms with van der Waals surface area (Å²) in [6.07, 6.45) is 11.4. The van der Waals surface area contributed by atoms with E-state index in [1.54, 1.807) is 10.7 Å². The number of benzene rings is 4. The number of phenols is 1. The molecule has 0 saturated heterocycles. The molecule has 326 valence electrons. The molecule has 1 fully saturated rings.